The standard InChI is InChI=1S/C28H44O7/c1-7-27(5,23(30)31)16-12-18-28(6,25(33)35-20-22-13-9-8-10-14-22)17-11-15-26(3,4)24(32)34-19-21(2)29/h8-10,13-14,21,29H,7,11-12,15-20H2,1-6H3,(H,30,31). The second-order valence-electron chi connectivity index (χ2n) is 10.9. The Morgan fingerprint density at radius 3 is 1.91 bits per heavy atom. The fourth-order valence-corrected chi connectivity index (χ4v) is 3.94. The average Bonchev–Trinajstić information content (AvgIpc) is 2.81. The molecule has 1 rings (SSSR count). The number of carbonyl (C=O) groups excluding carboxylic acids is 2. The molecular formula is C28H44O7. The van der Waals surface area contributed by atoms with E-state index in [9.17, 15) is 24.6 Å². The second kappa shape index (κ2) is 13.6. The summed E-state index contributed by atoms with van der Waals surface area (Å²) in [4.78, 5) is 37.3. The van der Waals surface area contributed by atoms with E-state index in [0.717, 1.165) is 5.56 Å². The fraction of sp³-hybridized carbons (Fsp3) is 0.679. The number of carboxylic acid groups (broad SMARTS) is 1. The summed E-state index contributed by atoms with van der Waals surface area (Å²) < 4.78 is 10.9. The van der Waals surface area contributed by atoms with E-state index in [1.807, 2.05) is 44.2 Å². The van der Waals surface area contributed by atoms with Crippen molar-refractivity contribution < 1.29 is 34.1 Å². The summed E-state index contributed by atoms with van der Waals surface area (Å²) in [6.07, 6.45) is 2.94. The van der Waals surface area contributed by atoms with E-state index in [0.29, 0.717) is 44.9 Å². The maximum Gasteiger partial charge on any atom is 0.312 e. The number of aliphatic hydroxyl groups is 1. The van der Waals surface area contributed by atoms with Crippen LogP contribution in [0.5, 0.6) is 0 Å². The van der Waals surface area contributed by atoms with Crippen molar-refractivity contribution in [2.45, 2.75) is 99.2 Å². The quantitative estimate of drug-likeness (QED) is 0.292. The molecule has 7 nitrogen and oxygen atoms in total. The van der Waals surface area contributed by atoms with E-state index in [1.165, 1.54) is 0 Å². The molecule has 0 radical (unpaired) electrons. The van der Waals surface area contributed by atoms with Crippen molar-refractivity contribution in [2.75, 3.05) is 6.61 Å². The summed E-state index contributed by atoms with van der Waals surface area (Å²) in [5.41, 5.74) is -1.49. The molecule has 0 amide bonds. The molecule has 35 heavy (non-hydrogen) atoms. The Bertz CT molecular complexity index is 818. The van der Waals surface area contributed by atoms with Crippen molar-refractivity contribution in [3.63, 3.8) is 0 Å². The monoisotopic (exact) mass is 492 g/mol. The Balaban J connectivity index is 2.85. The van der Waals surface area contributed by atoms with E-state index in [4.69, 9.17) is 9.47 Å². The molecule has 198 valence electrons. The van der Waals surface area contributed by atoms with Crippen LogP contribution in [-0.2, 0) is 30.5 Å². The lowest BCUT2D eigenvalue weighted by atomic mass is 9.75. The first kappa shape index (κ1) is 30.6. The number of rotatable bonds is 16. The van der Waals surface area contributed by atoms with Crippen molar-refractivity contribution in [2.24, 2.45) is 16.2 Å². The molecule has 0 heterocycles. The molecule has 1 aromatic rings. The number of carboxylic acids is 1. The minimum atomic E-state index is -0.829. The maximum absolute atomic E-state index is 13.2. The SMILES string of the molecule is CCC(C)(CCCC(C)(CCCC(C)(C)C(=O)OCC(C)O)C(=O)OCc1ccccc1)C(=O)O. The van der Waals surface area contributed by atoms with Gasteiger partial charge in [-0.05, 0) is 72.3 Å². The second-order valence-corrected chi connectivity index (χ2v) is 10.9. The summed E-state index contributed by atoms with van der Waals surface area (Å²) in [5.74, 6) is -1.53. The largest absolute Gasteiger partial charge is 0.481 e. The van der Waals surface area contributed by atoms with Gasteiger partial charge in [0.25, 0.3) is 0 Å². The van der Waals surface area contributed by atoms with E-state index in [1.54, 1.807) is 27.7 Å². The van der Waals surface area contributed by atoms with Crippen LogP contribution in [0.15, 0.2) is 30.3 Å². The first-order chi connectivity index (χ1) is 16.3. The van der Waals surface area contributed by atoms with Gasteiger partial charge in [-0.25, -0.2) is 0 Å². The summed E-state index contributed by atoms with van der Waals surface area (Å²) in [5, 5.41) is 19.0. The molecule has 3 unspecified atom stereocenters. The minimum Gasteiger partial charge on any atom is -0.481 e. The molecule has 3 atom stereocenters. The molecule has 0 fully saturated rings. The van der Waals surface area contributed by atoms with Crippen LogP contribution in [0.3, 0.4) is 0 Å². The highest BCUT2D eigenvalue weighted by atomic mass is 16.5. The third kappa shape index (κ3) is 10.0. The maximum atomic E-state index is 13.2. The number of ether oxygens (including phenoxy) is 2. The Morgan fingerprint density at radius 2 is 1.40 bits per heavy atom. The van der Waals surface area contributed by atoms with Crippen LogP contribution in [0.4, 0.5) is 0 Å². The highest BCUT2D eigenvalue weighted by Crippen LogP contribution is 2.38. The van der Waals surface area contributed by atoms with Crippen LogP contribution in [0.1, 0.15) is 92.1 Å². The molecule has 0 spiro atoms. The molecule has 1 aromatic carbocycles. The Labute approximate surface area is 210 Å². The molecule has 7 heteroatoms. The third-order valence-corrected chi connectivity index (χ3v) is 7.00. The van der Waals surface area contributed by atoms with Gasteiger partial charge < -0.3 is 19.7 Å². The van der Waals surface area contributed by atoms with E-state index in [-0.39, 0.29) is 25.2 Å². The Hall–Kier alpha value is -2.41. The number of hydrogen-bond donors (Lipinski definition) is 2. The Morgan fingerprint density at radius 1 is 0.857 bits per heavy atom. The van der Waals surface area contributed by atoms with Gasteiger partial charge in [0.05, 0.1) is 22.3 Å². The number of benzene rings is 1. The molecule has 0 aliphatic carbocycles. The first-order valence-corrected chi connectivity index (χ1v) is 12.6. The zero-order valence-corrected chi connectivity index (χ0v) is 22.3. The summed E-state index contributed by atoms with van der Waals surface area (Å²) in [7, 11) is 0. The van der Waals surface area contributed by atoms with Gasteiger partial charge in [-0.3, -0.25) is 14.4 Å². The highest BCUT2D eigenvalue weighted by Gasteiger charge is 2.38. The summed E-state index contributed by atoms with van der Waals surface area (Å²) >= 11 is 0. The van der Waals surface area contributed by atoms with Crippen LogP contribution in [0.2, 0.25) is 0 Å². The number of hydrogen-bond acceptors (Lipinski definition) is 6. The molecule has 0 saturated carbocycles. The van der Waals surface area contributed by atoms with Gasteiger partial charge in [0, 0.05) is 0 Å². The van der Waals surface area contributed by atoms with Gasteiger partial charge in [0.2, 0.25) is 0 Å². The van der Waals surface area contributed by atoms with Crippen molar-refractivity contribution in [1.82, 2.24) is 0 Å². The molecule has 0 aromatic heterocycles. The van der Waals surface area contributed by atoms with Gasteiger partial charge in [-0.15, -0.1) is 0 Å². The van der Waals surface area contributed by atoms with Crippen LogP contribution < -0.4 is 0 Å². The van der Waals surface area contributed by atoms with Crippen molar-refractivity contribution in [3.05, 3.63) is 35.9 Å². The van der Waals surface area contributed by atoms with Crippen LogP contribution >= 0.6 is 0 Å². The van der Waals surface area contributed by atoms with Gasteiger partial charge >= 0.3 is 17.9 Å². The van der Waals surface area contributed by atoms with Crippen molar-refractivity contribution in [1.29, 1.82) is 0 Å². The summed E-state index contributed by atoms with van der Waals surface area (Å²) in [6, 6.07) is 9.46. The lowest BCUT2D eigenvalue weighted by Gasteiger charge is -2.31. The molecule has 0 saturated heterocycles. The molecular weight excluding hydrogens is 448 g/mol. The Kier molecular flexibility index (Phi) is 11.9. The average molecular weight is 493 g/mol. The van der Waals surface area contributed by atoms with E-state index in [2.05, 4.69) is 0 Å². The molecule has 0 aliphatic rings. The fourth-order valence-electron chi connectivity index (χ4n) is 3.94. The first-order valence-electron chi connectivity index (χ1n) is 12.6. The number of carbonyl (C=O) groups is 3. The van der Waals surface area contributed by atoms with Gasteiger partial charge in [0.15, 0.2) is 0 Å². The smallest absolute Gasteiger partial charge is 0.312 e. The lowest BCUT2D eigenvalue weighted by Crippen LogP contribution is -2.33. The van der Waals surface area contributed by atoms with E-state index >= 15 is 0 Å². The molecule has 0 bridgehead atoms. The van der Waals surface area contributed by atoms with Crippen molar-refractivity contribution >= 4 is 17.9 Å². The van der Waals surface area contributed by atoms with Gasteiger partial charge in [-0.2, -0.15) is 0 Å². The van der Waals surface area contributed by atoms with Crippen LogP contribution in [0.25, 0.3) is 0 Å². The minimum absolute atomic E-state index is 0.0500. The zero-order valence-electron chi connectivity index (χ0n) is 22.3. The van der Waals surface area contributed by atoms with Crippen LogP contribution in [-0.4, -0.2) is 40.8 Å². The highest BCUT2D eigenvalue weighted by molar-refractivity contribution is 5.77. The summed E-state index contributed by atoms with van der Waals surface area (Å²) in [6.45, 7) is 10.7. The number of aliphatic hydroxyl groups excluding tert-OH is 1. The predicted molar refractivity (Wildman–Crippen MR) is 135 cm³/mol. The van der Waals surface area contributed by atoms with Gasteiger partial charge in [-0.1, -0.05) is 50.1 Å². The lowest BCUT2D eigenvalue weighted by molar-refractivity contribution is -0.158. The molecule has 2 N–H and O–H groups in total. The number of esters is 2. The normalized spacial score (nSPS) is 16.0. The molecule has 0 aliphatic heterocycles. The van der Waals surface area contributed by atoms with Gasteiger partial charge in [0.1, 0.15) is 13.2 Å². The predicted octanol–water partition coefficient (Wildman–Crippen LogP) is 5.53. The third-order valence-electron chi connectivity index (χ3n) is 7.00. The number of aliphatic carboxylic acids is 1. The van der Waals surface area contributed by atoms with Crippen molar-refractivity contribution in [3.8, 4) is 0 Å². The van der Waals surface area contributed by atoms with E-state index < -0.39 is 28.3 Å². The topological polar surface area (TPSA) is 110 Å². The zero-order chi connectivity index (χ0) is 26.7. The van der Waals surface area contributed by atoms with Crippen LogP contribution in [0, 0.1) is 16.2 Å².